The van der Waals surface area contributed by atoms with E-state index in [1.165, 1.54) is 0 Å². The second kappa shape index (κ2) is 6.12. The van der Waals surface area contributed by atoms with E-state index in [0.29, 0.717) is 0 Å². The van der Waals surface area contributed by atoms with E-state index >= 15 is 0 Å². The monoisotopic (exact) mass is 354 g/mol. The largest absolute Gasteiger partial charge is 0.478 e. The van der Waals surface area contributed by atoms with E-state index in [2.05, 4.69) is 21.2 Å². The highest BCUT2D eigenvalue weighted by atomic mass is 79.9. The second-order valence-corrected chi connectivity index (χ2v) is 4.69. The third kappa shape index (κ3) is 4.41. The Morgan fingerprint density at radius 3 is 2.35 bits per heavy atom. The van der Waals surface area contributed by atoms with Crippen LogP contribution >= 0.6 is 15.9 Å². The van der Waals surface area contributed by atoms with Gasteiger partial charge in [0.05, 0.1) is 17.5 Å². The van der Waals surface area contributed by atoms with Gasteiger partial charge >= 0.3 is 12.1 Å². The van der Waals surface area contributed by atoms with Gasteiger partial charge in [-0.3, -0.25) is 4.79 Å². The molecule has 0 radical (unpaired) electrons. The molecule has 0 saturated heterocycles. The predicted octanol–water partition coefficient (Wildman–Crippen LogP) is 2.61. The molecule has 0 saturated carbocycles. The summed E-state index contributed by atoms with van der Waals surface area (Å²) in [6.45, 7) is -0.496. The molecule has 9 heteroatoms. The van der Waals surface area contributed by atoms with Gasteiger partial charge in [-0.1, -0.05) is 0 Å². The SMILES string of the molecule is NC(=O)c1cc(Br)c(C(=O)O)cc1NCCC(F)(F)F. The van der Waals surface area contributed by atoms with Crippen molar-refractivity contribution in [1.82, 2.24) is 0 Å². The van der Waals surface area contributed by atoms with E-state index in [-0.39, 0.29) is 21.3 Å². The van der Waals surface area contributed by atoms with Crippen LogP contribution in [0.4, 0.5) is 18.9 Å². The molecule has 1 aromatic carbocycles. The quantitative estimate of drug-likeness (QED) is 0.757. The number of primary amides is 1. The number of hydrogen-bond donors (Lipinski definition) is 3. The van der Waals surface area contributed by atoms with Gasteiger partial charge in [-0.05, 0) is 28.1 Å². The van der Waals surface area contributed by atoms with Gasteiger partial charge in [0.2, 0.25) is 0 Å². The average molecular weight is 355 g/mol. The molecule has 0 aliphatic carbocycles. The van der Waals surface area contributed by atoms with Crippen LogP contribution in [0.15, 0.2) is 16.6 Å². The number of carboxylic acids is 1. The van der Waals surface area contributed by atoms with Gasteiger partial charge in [-0.25, -0.2) is 4.79 Å². The van der Waals surface area contributed by atoms with Gasteiger partial charge in [-0.2, -0.15) is 13.2 Å². The van der Waals surface area contributed by atoms with Gasteiger partial charge in [0.1, 0.15) is 0 Å². The fourth-order valence-corrected chi connectivity index (χ4v) is 1.94. The van der Waals surface area contributed by atoms with Gasteiger partial charge in [0.15, 0.2) is 0 Å². The molecule has 0 aliphatic rings. The lowest BCUT2D eigenvalue weighted by molar-refractivity contribution is -0.131. The average Bonchev–Trinajstić information content (AvgIpc) is 2.28. The second-order valence-electron chi connectivity index (χ2n) is 3.84. The standard InChI is InChI=1S/C11H10BrF3N2O3/c12-7-3-6(9(16)18)8(4-5(7)10(19)20)17-2-1-11(13,14)15/h3-4,17H,1-2H2,(H2,16,18)(H,19,20). The normalized spacial score (nSPS) is 11.2. The van der Waals surface area contributed by atoms with Crippen LogP contribution in [0.5, 0.6) is 0 Å². The first-order chi connectivity index (χ1) is 9.11. The summed E-state index contributed by atoms with van der Waals surface area (Å²) in [7, 11) is 0. The Balaban J connectivity index is 3.05. The number of halogens is 4. The molecular formula is C11H10BrF3N2O3. The minimum atomic E-state index is -4.36. The van der Waals surface area contributed by atoms with Crippen LogP contribution < -0.4 is 11.1 Å². The summed E-state index contributed by atoms with van der Waals surface area (Å²) < 4.78 is 36.3. The maximum Gasteiger partial charge on any atom is 0.390 e. The lowest BCUT2D eigenvalue weighted by Crippen LogP contribution is -2.19. The molecular weight excluding hydrogens is 345 g/mol. The molecule has 4 N–H and O–H groups in total. The summed E-state index contributed by atoms with van der Waals surface area (Å²) in [5.74, 6) is -2.16. The van der Waals surface area contributed by atoms with Crippen LogP contribution in [0.2, 0.25) is 0 Å². The third-order valence-corrected chi connectivity index (χ3v) is 2.98. The Kier molecular flexibility index (Phi) is 4.98. The highest BCUT2D eigenvalue weighted by Gasteiger charge is 2.26. The number of nitrogens with two attached hydrogens (primary N) is 1. The number of hydrogen-bond acceptors (Lipinski definition) is 3. The van der Waals surface area contributed by atoms with Crippen LogP contribution in [-0.2, 0) is 0 Å². The lowest BCUT2D eigenvalue weighted by atomic mass is 10.1. The number of nitrogens with one attached hydrogen (secondary N) is 1. The summed E-state index contributed by atoms with van der Waals surface area (Å²) in [4.78, 5) is 22.1. The summed E-state index contributed by atoms with van der Waals surface area (Å²) in [6, 6.07) is 2.21. The molecule has 0 aliphatic heterocycles. The first-order valence-corrected chi connectivity index (χ1v) is 6.08. The molecule has 20 heavy (non-hydrogen) atoms. The van der Waals surface area contributed by atoms with Crippen LogP contribution in [-0.4, -0.2) is 29.7 Å². The first-order valence-electron chi connectivity index (χ1n) is 5.29. The Hall–Kier alpha value is -1.77. The van der Waals surface area contributed by atoms with Gasteiger partial charge in [0.25, 0.3) is 5.91 Å². The van der Waals surface area contributed by atoms with E-state index < -0.39 is 31.0 Å². The summed E-state index contributed by atoms with van der Waals surface area (Å²) in [5.41, 5.74) is 4.76. The van der Waals surface area contributed by atoms with Crippen molar-refractivity contribution in [2.24, 2.45) is 5.73 Å². The highest BCUT2D eigenvalue weighted by molar-refractivity contribution is 9.10. The van der Waals surface area contributed by atoms with E-state index in [0.717, 1.165) is 12.1 Å². The maximum absolute atomic E-state index is 12.1. The van der Waals surface area contributed by atoms with Crippen molar-refractivity contribution >= 4 is 33.5 Å². The lowest BCUT2D eigenvalue weighted by Gasteiger charge is -2.13. The Labute approximate surface area is 120 Å². The Morgan fingerprint density at radius 1 is 1.30 bits per heavy atom. The number of carbonyl (C=O) groups excluding carboxylic acids is 1. The van der Waals surface area contributed by atoms with Crippen molar-refractivity contribution in [1.29, 1.82) is 0 Å². The van der Waals surface area contributed by atoms with Crippen molar-refractivity contribution in [3.05, 3.63) is 27.7 Å². The van der Waals surface area contributed by atoms with Crippen LogP contribution in [0.25, 0.3) is 0 Å². The van der Waals surface area contributed by atoms with Crippen molar-refractivity contribution < 1.29 is 27.9 Å². The number of benzene rings is 1. The molecule has 5 nitrogen and oxygen atoms in total. The molecule has 0 heterocycles. The Morgan fingerprint density at radius 2 is 1.90 bits per heavy atom. The van der Waals surface area contributed by atoms with Gasteiger partial charge in [-0.15, -0.1) is 0 Å². The first kappa shape index (κ1) is 16.3. The molecule has 1 aromatic rings. The number of carboxylic acid groups (broad SMARTS) is 1. The number of anilines is 1. The van der Waals surface area contributed by atoms with E-state index in [1.54, 1.807) is 0 Å². The van der Waals surface area contributed by atoms with Gasteiger partial charge in [0, 0.05) is 16.7 Å². The van der Waals surface area contributed by atoms with Crippen molar-refractivity contribution in [2.75, 3.05) is 11.9 Å². The van der Waals surface area contributed by atoms with Crippen molar-refractivity contribution in [3.63, 3.8) is 0 Å². The van der Waals surface area contributed by atoms with Crippen LogP contribution in [0.1, 0.15) is 27.1 Å². The molecule has 0 fully saturated rings. The fourth-order valence-electron chi connectivity index (χ4n) is 1.43. The number of carbonyl (C=O) groups is 2. The summed E-state index contributed by atoms with van der Waals surface area (Å²) in [6.07, 6.45) is -5.48. The molecule has 0 aromatic heterocycles. The number of amides is 1. The van der Waals surface area contributed by atoms with Crippen LogP contribution in [0.3, 0.4) is 0 Å². The van der Waals surface area contributed by atoms with Crippen molar-refractivity contribution in [3.8, 4) is 0 Å². The number of aromatic carboxylic acids is 1. The van der Waals surface area contributed by atoms with E-state index in [4.69, 9.17) is 10.8 Å². The fraction of sp³-hybridized carbons (Fsp3) is 0.273. The van der Waals surface area contributed by atoms with Gasteiger partial charge < -0.3 is 16.2 Å². The topological polar surface area (TPSA) is 92.4 Å². The predicted molar refractivity (Wildman–Crippen MR) is 68.8 cm³/mol. The minimum Gasteiger partial charge on any atom is -0.478 e. The Bertz CT molecular complexity index is 546. The molecule has 0 atom stereocenters. The molecule has 0 spiro atoms. The molecule has 1 amide bonds. The zero-order chi connectivity index (χ0) is 15.5. The smallest absolute Gasteiger partial charge is 0.390 e. The highest BCUT2D eigenvalue weighted by Crippen LogP contribution is 2.27. The zero-order valence-electron chi connectivity index (χ0n) is 9.92. The summed E-state index contributed by atoms with van der Waals surface area (Å²) >= 11 is 2.95. The number of rotatable bonds is 5. The molecule has 110 valence electrons. The number of alkyl halides is 3. The third-order valence-electron chi connectivity index (χ3n) is 2.33. The molecule has 0 unspecified atom stereocenters. The van der Waals surface area contributed by atoms with E-state index in [1.807, 2.05) is 0 Å². The van der Waals surface area contributed by atoms with Crippen LogP contribution in [0, 0.1) is 0 Å². The maximum atomic E-state index is 12.1. The van der Waals surface area contributed by atoms with E-state index in [9.17, 15) is 22.8 Å². The molecule has 0 bridgehead atoms. The summed E-state index contributed by atoms with van der Waals surface area (Å²) in [5, 5.41) is 11.3. The molecule has 1 rings (SSSR count). The minimum absolute atomic E-state index is 0.0534. The van der Waals surface area contributed by atoms with Crippen molar-refractivity contribution in [2.45, 2.75) is 12.6 Å². The zero-order valence-corrected chi connectivity index (χ0v) is 11.5.